The summed E-state index contributed by atoms with van der Waals surface area (Å²) < 4.78 is 10.2. The number of ether oxygens (including phenoxy) is 2. The molecular formula is C11H20N2O3. The van der Waals surface area contributed by atoms with Gasteiger partial charge in [-0.05, 0) is 13.8 Å². The van der Waals surface area contributed by atoms with Gasteiger partial charge in [0.05, 0.1) is 19.3 Å². The Bertz CT molecular complexity index is 258. The molecule has 16 heavy (non-hydrogen) atoms. The van der Waals surface area contributed by atoms with Gasteiger partial charge in [0.15, 0.2) is 0 Å². The fraction of sp³-hybridized carbons (Fsp3) is 0.818. The number of rotatable bonds is 2. The summed E-state index contributed by atoms with van der Waals surface area (Å²) in [5.74, 6) is 0.786. The van der Waals surface area contributed by atoms with Crippen LogP contribution in [0.5, 0.6) is 0 Å². The Balaban J connectivity index is 2.57. The lowest BCUT2D eigenvalue weighted by molar-refractivity contribution is 0.0668. The van der Waals surface area contributed by atoms with Crippen molar-refractivity contribution >= 4 is 11.9 Å². The van der Waals surface area contributed by atoms with E-state index in [1.54, 1.807) is 0 Å². The lowest BCUT2D eigenvalue weighted by Crippen LogP contribution is -2.40. The highest BCUT2D eigenvalue weighted by molar-refractivity contribution is 5.91. The number of aliphatic imine (C=N–C) groups is 1. The first-order valence-corrected chi connectivity index (χ1v) is 5.74. The first kappa shape index (κ1) is 13.0. The van der Waals surface area contributed by atoms with Crippen molar-refractivity contribution in [2.75, 3.05) is 26.3 Å². The van der Waals surface area contributed by atoms with Gasteiger partial charge in [-0.3, -0.25) is 0 Å². The maximum absolute atomic E-state index is 11.4. The molecule has 1 saturated heterocycles. The first-order valence-electron chi connectivity index (χ1n) is 5.74. The average Bonchev–Trinajstić information content (AvgIpc) is 2.26. The quantitative estimate of drug-likeness (QED) is 0.533. The predicted octanol–water partition coefficient (Wildman–Crippen LogP) is 1.67. The molecule has 5 nitrogen and oxygen atoms in total. The fourth-order valence-corrected chi connectivity index (χ4v) is 1.53. The zero-order valence-electron chi connectivity index (χ0n) is 10.2. The first-order chi connectivity index (χ1) is 7.63. The molecule has 0 aromatic heterocycles. The second-order valence-corrected chi connectivity index (χ2v) is 3.91. The highest BCUT2D eigenvalue weighted by atomic mass is 16.6. The fourth-order valence-electron chi connectivity index (χ4n) is 1.53. The molecule has 1 rings (SSSR count). The number of amides is 1. The van der Waals surface area contributed by atoms with Gasteiger partial charge in [0, 0.05) is 19.5 Å². The second kappa shape index (κ2) is 6.48. The van der Waals surface area contributed by atoms with Gasteiger partial charge in [-0.25, -0.2) is 4.79 Å². The Morgan fingerprint density at radius 1 is 1.44 bits per heavy atom. The molecule has 1 aliphatic heterocycles. The molecule has 0 aromatic rings. The van der Waals surface area contributed by atoms with Gasteiger partial charge in [0.25, 0.3) is 0 Å². The second-order valence-electron chi connectivity index (χ2n) is 3.91. The van der Waals surface area contributed by atoms with Crippen LogP contribution in [0, 0.1) is 0 Å². The van der Waals surface area contributed by atoms with E-state index in [0.717, 1.165) is 25.3 Å². The van der Waals surface area contributed by atoms with Gasteiger partial charge >= 0.3 is 6.09 Å². The van der Waals surface area contributed by atoms with Crippen molar-refractivity contribution in [3.8, 4) is 0 Å². The number of carbonyl (C=O) groups is 1. The monoisotopic (exact) mass is 228 g/mol. The molecule has 0 unspecified atom stereocenters. The lowest BCUT2D eigenvalue weighted by atomic mass is 10.3. The van der Waals surface area contributed by atoms with Gasteiger partial charge in [-0.15, -0.1) is 0 Å². The summed E-state index contributed by atoms with van der Waals surface area (Å²) >= 11 is 0. The summed E-state index contributed by atoms with van der Waals surface area (Å²) in [7, 11) is 0. The largest absolute Gasteiger partial charge is 0.445 e. The van der Waals surface area contributed by atoms with Crippen LogP contribution in [0.15, 0.2) is 4.99 Å². The third-order valence-electron chi connectivity index (χ3n) is 2.25. The summed E-state index contributed by atoms with van der Waals surface area (Å²) in [5.41, 5.74) is 0. The third kappa shape index (κ3) is 4.18. The topological polar surface area (TPSA) is 51.1 Å². The molecule has 0 aromatic carbocycles. The van der Waals surface area contributed by atoms with Crippen molar-refractivity contribution in [1.29, 1.82) is 0 Å². The standard InChI is InChI=1S/C11H20N2O3/c1-4-10(12-11(14)16-9(2)3)13-5-7-15-8-6-13/h9H,4-8H2,1-3H3. The normalized spacial score (nSPS) is 17.8. The van der Waals surface area contributed by atoms with E-state index in [-0.39, 0.29) is 6.10 Å². The van der Waals surface area contributed by atoms with Gasteiger partial charge in [0.1, 0.15) is 5.84 Å². The minimum atomic E-state index is -0.502. The summed E-state index contributed by atoms with van der Waals surface area (Å²) in [6.45, 7) is 8.58. The highest BCUT2D eigenvalue weighted by Crippen LogP contribution is 2.03. The zero-order valence-corrected chi connectivity index (χ0v) is 10.2. The van der Waals surface area contributed by atoms with Crippen LogP contribution in [0.1, 0.15) is 27.2 Å². The van der Waals surface area contributed by atoms with E-state index in [0.29, 0.717) is 13.2 Å². The summed E-state index contributed by atoms with van der Waals surface area (Å²) in [6.07, 6.45) is 0.102. The van der Waals surface area contributed by atoms with Gasteiger partial charge in [-0.2, -0.15) is 4.99 Å². The summed E-state index contributed by atoms with van der Waals surface area (Å²) in [5, 5.41) is 0. The van der Waals surface area contributed by atoms with Gasteiger partial charge in [-0.1, -0.05) is 6.92 Å². The number of amidine groups is 1. The van der Waals surface area contributed by atoms with E-state index in [4.69, 9.17) is 9.47 Å². The average molecular weight is 228 g/mol. The van der Waals surface area contributed by atoms with Crippen molar-refractivity contribution < 1.29 is 14.3 Å². The van der Waals surface area contributed by atoms with Crippen molar-refractivity contribution in [3.63, 3.8) is 0 Å². The Morgan fingerprint density at radius 2 is 2.06 bits per heavy atom. The van der Waals surface area contributed by atoms with Crippen LogP contribution in [-0.2, 0) is 9.47 Å². The molecule has 0 N–H and O–H groups in total. The Labute approximate surface area is 96.4 Å². The molecule has 0 radical (unpaired) electrons. The van der Waals surface area contributed by atoms with E-state index in [1.807, 2.05) is 20.8 Å². The van der Waals surface area contributed by atoms with E-state index >= 15 is 0 Å². The van der Waals surface area contributed by atoms with Crippen molar-refractivity contribution in [1.82, 2.24) is 4.90 Å². The number of nitrogens with zero attached hydrogens (tertiary/aromatic N) is 2. The number of carbonyl (C=O) groups excluding carboxylic acids is 1. The number of morpholine rings is 1. The lowest BCUT2D eigenvalue weighted by Gasteiger charge is -2.29. The van der Waals surface area contributed by atoms with Crippen LogP contribution >= 0.6 is 0 Å². The van der Waals surface area contributed by atoms with Gasteiger partial charge in [0.2, 0.25) is 0 Å². The number of hydrogen-bond acceptors (Lipinski definition) is 3. The minimum Gasteiger partial charge on any atom is -0.445 e. The maximum Gasteiger partial charge on any atom is 0.435 e. The zero-order chi connectivity index (χ0) is 12.0. The van der Waals surface area contributed by atoms with Gasteiger partial charge < -0.3 is 14.4 Å². The molecular weight excluding hydrogens is 208 g/mol. The van der Waals surface area contributed by atoms with Crippen LogP contribution in [0.4, 0.5) is 4.79 Å². The third-order valence-corrected chi connectivity index (χ3v) is 2.25. The van der Waals surface area contributed by atoms with E-state index in [2.05, 4.69) is 9.89 Å². The van der Waals surface area contributed by atoms with Crippen LogP contribution in [0.25, 0.3) is 0 Å². The highest BCUT2D eigenvalue weighted by Gasteiger charge is 2.15. The molecule has 0 bridgehead atoms. The molecule has 1 amide bonds. The molecule has 92 valence electrons. The van der Waals surface area contributed by atoms with Crippen molar-refractivity contribution in [2.45, 2.75) is 33.3 Å². The minimum absolute atomic E-state index is 0.126. The molecule has 1 fully saturated rings. The van der Waals surface area contributed by atoms with E-state index in [9.17, 15) is 4.79 Å². The molecule has 1 aliphatic rings. The molecule has 0 spiro atoms. The Kier molecular flexibility index (Phi) is 5.25. The molecule has 0 atom stereocenters. The molecule has 0 aliphatic carbocycles. The molecule has 0 saturated carbocycles. The van der Waals surface area contributed by atoms with Crippen LogP contribution < -0.4 is 0 Å². The SMILES string of the molecule is CCC(=NC(=O)OC(C)C)N1CCOCC1. The van der Waals surface area contributed by atoms with Crippen molar-refractivity contribution in [2.24, 2.45) is 4.99 Å². The predicted molar refractivity (Wildman–Crippen MR) is 61.7 cm³/mol. The van der Waals surface area contributed by atoms with Crippen molar-refractivity contribution in [3.05, 3.63) is 0 Å². The summed E-state index contributed by atoms with van der Waals surface area (Å²) in [6, 6.07) is 0. The van der Waals surface area contributed by atoms with Crippen LogP contribution in [0.2, 0.25) is 0 Å². The molecule has 5 heteroatoms. The van der Waals surface area contributed by atoms with Crippen LogP contribution in [0.3, 0.4) is 0 Å². The Morgan fingerprint density at radius 3 is 2.56 bits per heavy atom. The maximum atomic E-state index is 11.4. The Hall–Kier alpha value is -1.10. The smallest absolute Gasteiger partial charge is 0.435 e. The van der Waals surface area contributed by atoms with E-state index in [1.165, 1.54) is 0 Å². The summed E-state index contributed by atoms with van der Waals surface area (Å²) in [4.78, 5) is 17.5. The van der Waals surface area contributed by atoms with E-state index < -0.39 is 6.09 Å². The van der Waals surface area contributed by atoms with Crippen LogP contribution in [-0.4, -0.2) is 49.2 Å². The number of hydrogen-bond donors (Lipinski definition) is 0. The molecule has 1 heterocycles.